The molecule has 0 bridgehead atoms. The summed E-state index contributed by atoms with van der Waals surface area (Å²) < 4.78 is 18.6. The zero-order valence-electron chi connectivity index (χ0n) is 11.1. The topological polar surface area (TPSA) is 49.5 Å². The van der Waals surface area contributed by atoms with Gasteiger partial charge in [0.1, 0.15) is 5.82 Å². The Morgan fingerprint density at radius 2 is 2.15 bits per heavy atom. The molecule has 1 saturated heterocycles. The SMILES string of the molecule is OC1CCCN(Cc2ncc(-c3ccc(F)cc3)o2)C1. The molecule has 1 unspecified atom stereocenters. The highest BCUT2D eigenvalue weighted by molar-refractivity contribution is 5.55. The zero-order chi connectivity index (χ0) is 13.9. The summed E-state index contributed by atoms with van der Waals surface area (Å²) in [6, 6.07) is 6.14. The summed E-state index contributed by atoms with van der Waals surface area (Å²) in [6.45, 7) is 2.21. The molecule has 1 fully saturated rings. The van der Waals surface area contributed by atoms with Gasteiger partial charge < -0.3 is 9.52 Å². The highest BCUT2D eigenvalue weighted by Crippen LogP contribution is 2.22. The van der Waals surface area contributed by atoms with E-state index in [1.54, 1.807) is 18.3 Å². The van der Waals surface area contributed by atoms with E-state index in [2.05, 4.69) is 9.88 Å². The minimum atomic E-state index is -0.268. The van der Waals surface area contributed by atoms with Gasteiger partial charge in [0.2, 0.25) is 5.89 Å². The second-order valence-corrected chi connectivity index (χ2v) is 5.16. The van der Waals surface area contributed by atoms with Gasteiger partial charge in [0.05, 0.1) is 18.8 Å². The number of likely N-dealkylation sites (tertiary alicyclic amines) is 1. The Morgan fingerprint density at radius 3 is 2.90 bits per heavy atom. The van der Waals surface area contributed by atoms with E-state index in [0.717, 1.165) is 24.9 Å². The van der Waals surface area contributed by atoms with Crippen LogP contribution in [0.4, 0.5) is 4.39 Å². The maximum absolute atomic E-state index is 12.9. The van der Waals surface area contributed by atoms with Gasteiger partial charge in [-0.3, -0.25) is 4.90 Å². The smallest absolute Gasteiger partial charge is 0.209 e. The largest absolute Gasteiger partial charge is 0.439 e. The van der Waals surface area contributed by atoms with Gasteiger partial charge in [-0.05, 0) is 43.7 Å². The number of β-amino-alcohol motifs (C(OH)–C–C–N with tert-alkyl or cyclic N) is 1. The lowest BCUT2D eigenvalue weighted by Crippen LogP contribution is -2.37. The summed E-state index contributed by atoms with van der Waals surface area (Å²) in [7, 11) is 0. The van der Waals surface area contributed by atoms with E-state index in [1.165, 1.54) is 12.1 Å². The van der Waals surface area contributed by atoms with E-state index in [9.17, 15) is 9.50 Å². The molecule has 4 nitrogen and oxygen atoms in total. The molecule has 0 aliphatic carbocycles. The Kier molecular flexibility index (Phi) is 3.80. The number of aliphatic hydroxyl groups excluding tert-OH is 1. The second kappa shape index (κ2) is 5.73. The van der Waals surface area contributed by atoms with Crippen LogP contribution >= 0.6 is 0 Å². The molecule has 1 aromatic heterocycles. The monoisotopic (exact) mass is 276 g/mol. The minimum absolute atomic E-state index is 0.254. The van der Waals surface area contributed by atoms with Gasteiger partial charge in [-0.2, -0.15) is 0 Å². The molecule has 0 radical (unpaired) electrons. The lowest BCUT2D eigenvalue weighted by atomic mass is 10.1. The van der Waals surface area contributed by atoms with E-state index >= 15 is 0 Å². The van der Waals surface area contributed by atoms with Crippen molar-refractivity contribution >= 4 is 0 Å². The van der Waals surface area contributed by atoms with E-state index in [1.807, 2.05) is 0 Å². The predicted molar refractivity (Wildman–Crippen MR) is 72.4 cm³/mol. The molecule has 1 aliphatic heterocycles. The van der Waals surface area contributed by atoms with Crippen molar-refractivity contribution in [3.05, 3.63) is 42.2 Å². The first-order valence-electron chi connectivity index (χ1n) is 6.82. The maximum atomic E-state index is 12.9. The van der Waals surface area contributed by atoms with Gasteiger partial charge in [-0.25, -0.2) is 9.37 Å². The molecular weight excluding hydrogens is 259 g/mol. The number of aromatic nitrogens is 1. The molecule has 2 heterocycles. The van der Waals surface area contributed by atoms with Crippen LogP contribution in [0.15, 0.2) is 34.9 Å². The zero-order valence-corrected chi connectivity index (χ0v) is 11.1. The standard InChI is InChI=1S/C15H17FN2O2/c16-12-5-3-11(4-6-12)14-8-17-15(20-14)10-18-7-1-2-13(19)9-18/h3-6,8,13,19H,1-2,7,9-10H2. The van der Waals surface area contributed by atoms with Crippen molar-refractivity contribution in [3.8, 4) is 11.3 Å². The fraction of sp³-hybridized carbons (Fsp3) is 0.400. The number of rotatable bonds is 3. The lowest BCUT2D eigenvalue weighted by Gasteiger charge is -2.28. The first-order valence-corrected chi connectivity index (χ1v) is 6.82. The van der Waals surface area contributed by atoms with Crippen LogP contribution in [0.3, 0.4) is 0 Å². The number of oxazole rings is 1. The molecule has 0 amide bonds. The van der Waals surface area contributed by atoms with Crippen LogP contribution < -0.4 is 0 Å². The highest BCUT2D eigenvalue weighted by Gasteiger charge is 2.19. The van der Waals surface area contributed by atoms with Crippen LogP contribution in [0.2, 0.25) is 0 Å². The number of benzene rings is 1. The molecule has 1 atom stereocenters. The average Bonchev–Trinajstić information content (AvgIpc) is 2.88. The van der Waals surface area contributed by atoms with E-state index in [-0.39, 0.29) is 11.9 Å². The number of aliphatic hydroxyl groups is 1. The van der Waals surface area contributed by atoms with Gasteiger partial charge in [0.25, 0.3) is 0 Å². The third kappa shape index (κ3) is 3.05. The average molecular weight is 276 g/mol. The van der Waals surface area contributed by atoms with Crippen LogP contribution in [0.25, 0.3) is 11.3 Å². The third-order valence-corrected chi connectivity index (χ3v) is 3.52. The van der Waals surface area contributed by atoms with Crippen molar-refractivity contribution in [1.29, 1.82) is 0 Å². The summed E-state index contributed by atoms with van der Waals surface area (Å²) in [5, 5.41) is 9.64. The Bertz CT molecular complexity index is 568. The normalized spacial score (nSPS) is 20.2. The Hall–Kier alpha value is -1.72. The molecule has 5 heteroatoms. The molecular formula is C15H17FN2O2. The number of hydrogen-bond donors (Lipinski definition) is 1. The summed E-state index contributed by atoms with van der Waals surface area (Å²) in [5.41, 5.74) is 0.809. The van der Waals surface area contributed by atoms with Crippen molar-refractivity contribution in [3.63, 3.8) is 0 Å². The van der Waals surface area contributed by atoms with E-state index in [0.29, 0.717) is 24.7 Å². The van der Waals surface area contributed by atoms with Crippen molar-refractivity contribution in [1.82, 2.24) is 9.88 Å². The Labute approximate surface area is 116 Å². The fourth-order valence-corrected chi connectivity index (χ4v) is 2.50. The molecule has 0 saturated carbocycles. The number of hydrogen-bond acceptors (Lipinski definition) is 4. The highest BCUT2D eigenvalue weighted by atomic mass is 19.1. The van der Waals surface area contributed by atoms with Crippen LogP contribution in [0, 0.1) is 5.82 Å². The molecule has 1 aliphatic rings. The molecule has 1 N–H and O–H groups in total. The fourth-order valence-electron chi connectivity index (χ4n) is 2.50. The number of piperidine rings is 1. The van der Waals surface area contributed by atoms with Crippen LogP contribution in [0.5, 0.6) is 0 Å². The summed E-state index contributed by atoms with van der Waals surface area (Å²) >= 11 is 0. The lowest BCUT2D eigenvalue weighted by molar-refractivity contribution is 0.0625. The van der Waals surface area contributed by atoms with E-state index in [4.69, 9.17) is 4.42 Å². The van der Waals surface area contributed by atoms with Gasteiger partial charge >= 0.3 is 0 Å². The predicted octanol–water partition coefficient (Wildman–Crippen LogP) is 2.44. The quantitative estimate of drug-likeness (QED) is 0.935. The third-order valence-electron chi connectivity index (χ3n) is 3.52. The summed E-state index contributed by atoms with van der Waals surface area (Å²) in [4.78, 5) is 6.38. The first kappa shape index (κ1) is 13.3. The minimum Gasteiger partial charge on any atom is -0.439 e. The molecule has 106 valence electrons. The Balaban J connectivity index is 1.69. The number of halogens is 1. The molecule has 20 heavy (non-hydrogen) atoms. The van der Waals surface area contributed by atoms with Gasteiger partial charge in [-0.1, -0.05) is 0 Å². The molecule has 2 aromatic rings. The molecule has 0 spiro atoms. The Morgan fingerprint density at radius 1 is 1.35 bits per heavy atom. The van der Waals surface area contributed by atoms with Crippen LogP contribution in [-0.2, 0) is 6.54 Å². The van der Waals surface area contributed by atoms with Crippen molar-refractivity contribution in [2.75, 3.05) is 13.1 Å². The van der Waals surface area contributed by atoms with Crippen molar-refractivity contribution in [2.24, 2.45) is 0 Å². The van der Waals surface area contributed by atoms with E-state index < -0.39 is 0 Å². The number of nitrogens with zero attached hydrogens (tertiary/aromatic N) is 2. The summed E-state index contributed by atoms with van der Waals surface area (Å²) in [5.74, 6) is 0.992. The van der Waals surface area contributed by atoms with Crippen molar-refractivity contribution < 1.29 is 13.9 Å². The molecule has 1 aromatic carbocycles. The van der Waals surface area contributed by atoms with Crippen molar-refractivity contribution in [2.45, 2.75) is 25.5 Å². The van der Waals surface area contributed by atoms with Gasteiger partial charge in [0.15, 0.2) is 5.76 Å². The molecule has 3 rings (SSSR count). The van der Waals surface area contributed by atoms with Gasteiger partial charge in [0, 0.05) is 12.1 Å². The van der Waals surface area contributed by atoms with Crippen LogP contribution in [0.1, 0.15) is 18.7 Å². The van der Waals surface area contributed by atoms with Gasteiger partial charge in [-0.15, -0.1) is 0 Å². The summed E-state index contributed by atoms with van der Waals surface area (Å²) in [6.07, 6.45) is 3.26. The van der Waals surface area contributed by atoms with Crippen LogP contribution in [-0.4, -0.2) is 34.2 Å². The first-order chi connectivity index (χ1) is 9.70. The second-order valence-electron chi connectivity index (χ2n) is 5.16. The maximum Gasteiger partial charge on any atom is 0.209 e.